The van der Waals surface area contributed by atoms with Crippen molar-refractivity contribution in [3.8, 4) is 11.1 Å². The van der Waals surface area contributed by atoms with Gasteiger partial charge in [0.05, 0.1) is 5.39 Å². The van der Waals surface area contributed by atoms with Crippen molar-refractivity contribution in [1.29, 1.82) is 0 Å². The Morgan fingerprint density at radius 3 is 2.59 bits per heavy atom. The van der Waals surface area contributed by atoms with E-state index in [4.69, 9.17) is 4.52 Å². The predicted molar refractivity (Wildman–Crippen MR) is 67.0 cm³/mol. The molecule has 2 aromatic carbocycles. The molecule has 0 amide bonds. The van der Waals surface area contributed by atoms with E-state index in [9.17, 15) is 4.79 Å². The molecule has 0 bridgehead atoms. The Hall–Kier alpha value is -2.29. The summed E-state index contributed by atoms with van der Waals surface area (Å²) < 4.78 is 5.23. The summed E-state index contributed by atoms with van der Waals surface area (Å²) in [5.74, 6) is 0. The van der Waals surface area contributed by atoms with Crippen LogP contribution in [0.2, 0.25) is 0 Å². The van der Waals surface area contributed by atoms with Crippen LogP contribution in [0.4, 0.5) is 0 Å². The molecule has 0 atom stereocenters. The van der Waals surface area contributed by atoms with E-state index in [0.29, 0.717) is 11.0 Å². The fraction of sp³-hybridized carbons (Fsp3) is 0.0714. The number of benzene rings is 2. The zero-order valence-corrected chi connectivity index (χ0v) is 9.36. The Bertz CT molecular complexity index is 720. The third-order valence-electron chi connectivity index (χ3n) is 2.87. The lowest BCUT2D eigenvalue weighted by atomic mass is 10.0. The molecule has 84 valence electrons. The highest BCUT2D eigenvalue weighted by atomic mass is 16.5. The van der Waals surface area contributed by atoms with Crippen molar-refractivity contribution >= 4 is 11.0 Å². The highest BCUT2D eigenvalue weighted by molar-refractivity contribution is 5.91. The first-order valence-electron chi connectivity index (χ1n) is 5.43. The summed E-state index contributed by atoms with van der Waals surface area (Å²) in [4.78, 5) is 11.5. The van der Waals surface area contributed by atoms with E-state index in [0.717, 1.165) is 11.1 Å². The van der Waals surface area contributed by atoms with Crippen molar-refractivity contribution in [2.24, 2.45) is 0 Å². The minimum absolute atomic E-state index is 0.186. The molecule has 3 rings (SSSR count). The topological polar surface area (TPSA) is 46.0 Å². The maximum absolute atomic E-state index is 11.5. The van der Waals surface area contributed by atoms with Crippen LogP contribution in [0.3, 0.4) is 0 Å². The Kier molecular flexibility index (Phi) is 2.11. The lowest BCUT2D eigenvalue weighted by molar-refractivity contribution is 0.449. The van der Waals surface area contributed by atoms with Gasteiger partial charge in [0, 0.05) is 5.56 Å². The van der Waals surface area contributed by atoms with Gasteiger partial charge in [-0.3, -0.25) is 4.79 Å². The predicted octanol–water partition coefficient (Wildman–Crippen LogP) is 3.10. The van der Waals surface area contributed by atoms with Crippen LogP contribution in [-0.4, -0.2) is 5.16 Å². The van der Waals surface area contributed by atoms with Crippen molar-refractivity contribution in [2.75, 3.05) is 0 Å². The average molecular weight is 225 g/mol. The SMILES string of the molecule is Cc1ccc(-c2cccc3c(=O)[nH]oc23)cc1. The molecular weight excluding hydrogens is 214 g/mol. The number of aromatic nitrogens is 1. The van der Waals surface area contributed by atoms with E-state index in [2.05, 4.69) is 5.16 Å². The first-order valence-corrected chi connectivity index (χ1v) is 5.43. The molecule has 0 saturated heterocycles. The van der Waals surface area contributed by atoms with E-state index in [1.54, 1.807) is 6.07 Å². The molecule has 1 N–H and O–H groups in total. The molecule has 0 aliphatic rings. The molecule has 0 saturated carbocycles. The van der Waals surface area contributed by atoms with Gasteiger partial charge in [-0.05, 0) is 18.6 Å². The zero-order chi connectivity index (χ0) is 11.8. The molecule has 0 spiro atoms. The third-order valence-corrected chi connectivity index (χ3v) is 2.87. The molecule has 3 nitrogen and oxygen atoms in total. The maximum atomic E-state index is 11.5. The molecule has 3 aromatic rings. The van der Waals surface area contributed by atoms with Gasteiger partial charge in [-0.25, -0.2) is 0 Å². The average Bonchev–Trinajstić information content (AvgIpc) is 2.73. The van der Waals surface area contributed by atoms with Crippen molar-refractivity contribution in [1.82, 2.24) is 5.16 Å². The largest absolute Gasteiger partial charge is 0.378 e. The Labute approximate surface area is 97.7 Å². The molecule has 0 aliphatic carbocycles. The van der Waals surface area contributed by atoms with Gasteiger partial charge >= 0.3 is 0 Å². The standard InChI is InChI=1S/C14H11NO2/c1-9-5-7-10(8-6-9)11-3-2-4-12-13(11)17-15-14(12)16/h2-8H,1H3,(H,15,16). The quantitative estimate of drug-likeness (QED) is 0.691. The summed E-state index contributed by atoms with van der Waals surface area (Å²) in [6.07, 6.45) is 0. The van der Waals surface area contributed by atoms with Gasteiger partial charge < -0.3 is 4.52 Å². The van der Waals surface area contributed by atoms with Crippen molar-refractivity contribution in [3.05, 3.63) is 58.4 Å². The summed E-state index contributed by atoms with van der Waals surface area (Å²) in [6, 6.07) is 13.7. The number of H-pyrrole nitrogens is 1. The van der Waals surface area contributed by atoms with Crippen LogP contribution >= 0.6 is 0 Å². The highest BCUT2D eigenvalue weighted by Crippen LogP contribution is 2.26. The van der Waals surface area contributed by atoms with E-state index in [1.807, 2.05) is 43.3 Å². The minimum Gasteiger partial charge on any atom is -0.378 e. The van der Waals surface area contributed by atoms with E-state index < -0.39 is 0 Å². The maximum Gasteiger partial charge on any atom is 0.287 e. The monoisotopic (exact) mass is 225 g/mol. The van der Waals surface area contributed by atoms with Crippen molar-refractivity contribution in [3.63, 3.8) is 0 Å². The van der Waals surface area contributed by atoms with Gasteiger partial charge in [0.25, 0.3) is 5.56 Å². The van der Waals surface area contributed by atoms with Gasteiger partial charge in [0.2, 0.25) is 0 Å². The molecule has 3 heteroatoms. The van der Waals surface area contributed by atoms with Gasteiger partial charge in [-0.15, -0.1) is 0 Å². The Morgan fingerprint density at radius 1 is 1.06 bits per heavy atom. The first-order chi connectivity index (χ1) is 8.25. The normalized spacial score (nSPS) is 10.9. The molecular formula is C14H11NO2. The number of nitrogens with one attached hydrogen (secondary N) is 1. The number of hydrogen-bond acceptors (Lipinski definition) is 2. The van der Waals surface area contributed by atoms with Crippen molar-refractivity contribution in [2.45, 2.75) is 6.92 Å². The van der Waals surface area contributed by atoms with Crippen LogP contribution in [0.25, 0.3) is 22.1 Å². The number of aryl methyl sites for hydroxylation is 1. The molecule has 0 fully saturated rings. The number of hydrogen-bond donors (Lipinski definition) is 1. The Morgan fingerprint density at radius 2 is 1.82 bits per heavy atom. The fourth-order valence-electron chi connectivity index (χ4n) is 1.94. The molecule has 17 heavy (non-hydrogen) atoms. The number of aromatic amines is 1. The van der Waals surface area contributed by atoms with Crippen LogP contribution in [0.5, 0.6) is 0 Å². The second-order valence-electron chi connectivity index (χ2n) is 4.08. The van der Waals surface area contributed by atoms with E-state index in [1.165, 1.54) is 5.56 Å². The van der Waals surface area contributed by atoms with Crippen molar-refractivity contribution < 1.29 is 4.52 Å². The number of rotatable bonds is 1. The summed E-state index contributed by atoms with van der Waals surface area (Å²) in [6.45, 7) is 2.04. The number of fused-ring (bicyclic) bond motifs is 1. The van der Waals surface area contributed by atoms with Gasteiger partial charge in [-0.2, -0.15) is 5.16 Å². The molecule has 0 aliphatic heterocycles. The lowest BCUT2D eigenvalue weighted by Crippen LogP contribution is -1.95. The summed E-state index contributed by atoms with van der Waals surface area (Å²) in [5, 5.41) is 2.95. The first kappa shape index (κ1) is 9.90. The van der Waals surface area contributed by atoms with Gasteiger partial charge in [-0.1, -0.05) is 42.0 Å². The van der Waals surface area contributed by atoms with Gasteiger partial charge in [0.1, 0.15) is 0 Å². The number of para-hydroxylation sites is 1. The summed E-state index contributed by atoms with van der Waals surface area (Å²) in [5.41, 5.74) is 3.61. The van der Waals surface area contributed by atoms with Crippen LogP contribution in [-0.2, 0) is 0 Å². The second-order valence-corrected chi connectivity index (χ2v) is 4.08. The zero-order valence-electron chi connectivity index (χ0n) is 9.36. The summed E-state index contributed by atoms with van der Waals surface area (Å²) in [7, 11) is 0. The Balaban J connectivity index is 2.30. The smallest absolute Gasteiger partial charge is 0.287 e. The van der Waals surface area contributed by atoms with Gasteiger partial charge in [0.15, 0.2) is 5.58 Å². The van der Waals surface area contributed by atoms with Crippen LogP contribution in [0, 0.1) is 6.92 Å². The van der Waals surface area contributed by atoms with E-state index >= 15 is 0 Å². The molecule has 0 unspecified atom stereocenters. The van der Waals surface area contributed by atoms with E-state index in [-0.39, 0.29) is 5.56 Å². The van der Waals surface area contributed by atoms with Crippen LogP contribution < -0.4 is 5.56 Å². The molecule has 0 radical (unpaired) electrons. The molecule has 1 heterocycles. The van der Waals surface area contributed by atoms with Crippen LogP contribution in [0.1, 0.15) is 5.56 Å². The fourth-order valence-corrected chi connectivity index (χ4v) is 1.94. The van der Waals surface area contributed by atoms with Crippen LogP contribution in [0.15, 0.2) is 51.8 Å². The highest BCUT2D eigenvalue weighted by Gasteiger charge is 2.09. The molecule has 1 aromatic heterocycles. The lowest BCUT2D eigenvalue weighted by Gasteiger charge is -2.01. The minimum atomic E-state index is -0.186. The third kappa shape index (κ3) is 1.56. The summed E-state index contributed by atoms with van der Waals surface area (Å²) >= 11 is 0. The second kappa shape index (κ2) is 3.63.